The molecule has 0 fully saturated rings. The summed E-state index contributed by atoms with van der Waals surface area (Å²) >= 11 is 0. The first-order valence-electron chi connectivity index (χ1n) is 9.86. The fourth-order valence-electron chi connectivity index (χ4n) is 3.20. The van der Waals surface area contributed by atoms with Gasteiger partial charge in [-0.1, -0.05) is 102 Å². The topological polar surface area (TPSA) is 51.0 Å². The Balaban J connectivity index is 1.79. The molecule has 0 N–H and O–H groups in total. The van der Waals surface area contributed by atoms with Crippen molar-refractivity contribution in [1.82, 2.24) is 0 Å². The van der Waals surface area contributed by atoms with Crippen molar-refractivity contribution in [3.63, 3.8) is 0 Å². The van der Waals surface area contributed by atoms with Crippen LogP contribution in [0.15, 0.2) is 10.4 Å². The smallest absolute Gasteiger partial charge is 0.311 e. The quantitative estimate of drug-likeness (QED) is 0.327. The molecule has 0 aromatic heterocycles. The summed E-state index contributed by atoms with van der Waals surface area (Å²) in [6, 6.07) is 0. The van der Waals surface area contributed by atoms with Gasteiger partial charge >= 0.3 is 5.91 Å². The van der Waals surface area contributed by atoms with Gasteiger partial charge in [-0.3, -0.25) is 4.79 Å². The predicted molar refractivity (Wildman–Crippen MR) is 94.2 cm³/mol. The minimum atomic E-state index is -0.424. The first-order chi connectivity index (χ1) is 11.3. The third-order valence-electron chi connectivity index (χ3n) is 4.82. The number of rotatable bonds is 15. The lowest BCUT2D eigenvalue weighted by Gasteiger charge is -2.14. The first-order valence-corrected chi connectivity index (χ1v) is 9.86. The maximum absolute atomic E-state index is 11.4. The van der Waals surface area contributed by atoms with Crippen LogP contribution in [0.3, 0.4) is 0 Å². The third kappa shape index (κ3) is 9.72. The number of hydrogen-bond donors (Lipinski definition) is 0. The van der Waals surface area contributed by atoms with Gasteiger partial charge in [0.15, 0.2) is 0 Å². The number of amides is 1. The molecule has 0 radical (unpaired) electrons. The molecule has 0 spiro atoms. The molecule has 23 heavy (non-hydrogen) atoms. The van der Waals surface area contributed by atoms with E-state index in [1.165, 1.54) is 83.5 Å². The van der Waals surface area contributed by atoms with Crippen molar-refractivity contribution >= 4 is 5.91 Å². The zero-order chi connectivity index (χ0) is 16.8. The molecular weight excluding hydrogens is 288 g/mol. The van der Waals surface area contributed by atoms with E-state index >= 15 is 0 Å². The molecule has 0 aromatic rings. The van der Waals surface area contributed by atoms with E-state index in [9.17, 15) is 4.79 Å². The number of unbranched alkanes of at least 4 members (excludes halogenated alkanes) is 12. The molecule has 2 unspecified atom stereocenters. The lowest BCUT2D eigenvalue weighted by molar-refractivity contribution is -0.126. The van der Waals surface area contributed by atoms with Gasteiger partial charge in [0.25, 0.3) is 0 Å². The van der Waals surface area contributed by atoms with Crippen LogP contribution in [-0.2, 0) is 9.63 Å². The van der Waals surface area contributed by atoms with Crippen LogP contribution in [0.25, 0.3) is 0 Å². The van der Waals surface area contributed by atoms with Gasteiger partial charge in [0.1, 0.15) is 0 Å². The SMILES string of the molecule is CCCCCCCCCCCCCCCC(C)C1ON=NC1=O. The van der Waals surface area contributed by atoms with E-state index in [-0.39, 0.29) is 11.8 Å². The highest BCUT2D eigenvalue weighted by atomic mass is 16.7. The van der Waals surface area contributed by atoms with Crippen LogP contribution in [0.2, 0.25) is 0 Å². The van der Waals surface area contributed by atoms with E-state index in [2.05, 4.69) is 24.2 Å². The maximum Gasteiger partial charge on any atom is 0.311 e. The van der Waals surface area contributed by atoms with Gasteiger partial charge in [0, 0.05) is 11.2 Å². The molecule has 1 heterocycles. The Morgan fingerprint density at radius 2 is 1.35 bits per heavy atom. The third-order valence-corrected chi connectivity index (χ3v) is 4.82. The second kappa shape index (κ2) is 13.5. The largest absolute Gasteiger partial charge is 0.365 e. The molecule has 0 bridgehead atoms. The molecule has 1 amide bonds. The lowest BCUT2D eigenvalue weighted by Crippen LogP contribution is -2.24. The normalized spacial score (nSPS) is 18.3. The van der Waals surface area contributed by atoms with Crippen LogP contribution >= 0.6 is 0 Å². The van der Waals surface area contributed by atoms with Gasteiger partial charge in [-0.05, 0) is 6.42 Å². The molecule has 1 aliphatic rings. The molecule has 1 rings (SSSR count). The Morgan fingerprint density at radius 3 is 1.78 bits per heavy atom. The first kappa shape index (κ1) is 20.1. The molecule has 134 valence electrons. The Bertz CT molecular complexity index is 331. The molecular formula is C19H36N2O2. The summed E-state index contributed by atoms with van der Waals surface area (Å²) < 4.78 is 0. The second-order valence-electron chi connectivity index (χ2n) is 7.05. The van der Waals surface area contributed by atoms with Crippen molar-refractivity contribution in [2.75, 3.05) is 0 Å². The minimum absolute atomic E-state index is 0.216. The van der Waals surface area contributed by atoms with Crippen LogP contribution in [0.4, 0.5) is 0 Å². The summed E-state index contributed by atoms with van der Waals surface area (Å²) in [4.78, 5) is 16.4. The fourth-order valence-corrected chi connectivity index (χ4v) is 3.20. The summed E-state index contributed by atoms with van der Waals surface area (Å²) in [5, 5.41) is 6.77. The van der Waals surface area contributed by atoms with Crippen LogP contribution in [-0.4, -0.2) is 12.0 Å². The molecule has 2 atom stereocenters. The zero-order valence-electron chi connectivity index (χ0n) is 15.3. The van der Waals surface area contributed by atoms with Gasteiger partial charge in [-0.2, -0.15) is 0 Å². The van der Waals surface area contributed by atoms with Crippen molar-refractivity contribution in [3.05, 3.63) is 0 Å². The van der Waals surface area contributed by atoms with Crippen molar-refractivity contribution in [1.29, 1.82) is 0 Å². The van der Waals surface area contributed by atoms with E-state index in [1.54, 1.807) is 0 Å². The number of nitrogens with zero attached hydrogens (tertiary/aromatic N) is 2. The monoisotopic (exact) mass is 324 g/mol. The van der Waals surface area contributed by atoms with Gasteiger partial charge in [0.2, 0.25) is 6.10 Å². The van der Waals surface area contributed by atoms with E-state index in [0.717, 1.165) is 6.42 Å². The van der Waals surface area contributed by atoms with Crippen LogP contribution in [0.1, 0.15) is 104 Å². The van der Waals surface area contributed by atoms with Gasteiger partial charge in [-0.25, -0.2) is 0 Å². The van der Waals surface area contributed by atoms with Crippen molar-refractivity contribution < 1.29 is 9.63 Å². The fraction of sp³-hybridized carbons (Fsp3) is 0.947. The summed E-state index contributed by atoms with van der Waals surface area (Å²) in [6.45, 7) is 4.33. The van der Waals surface area contributed by atoms with E-state index in [4.69, 9.17) is 4.84 Å². The highest BCUT2D eigenvalue weighted by Crippen LogP contribution is 2.21. The average Bonchev–Trinajstić information content (AvgIpc) is 2.98. The minimum Gasteiger partial charge on any atom is -0.365 e. The van der Waals surface area contributed by atoms with Crippen LogP contribution in [0.5, 0.6) is 0 Å². The molecule has 0 aliphatic carbocycles. The molecule has 4 nitrogen and oxygen atoms in total. The van der Waals surface area contributed by atoms with Crippen molar-refractivity contribution in [2.45, 2.75) is 110 Å². The molecule has 0 aromatic carbocycles. The Labute approximate surface area is 142 Å². The van der Waals surface area contributed by atoms with Gasteiger partial charge in [0.05, 0.1) is 0 Å². The Kier molecular flexibility index (Phi) is 11.8. The summed E-state index contributed by atoms with van der Waals surface area (Å²) in [6.07, 6.45) is 18.4. The molecule has 4 heteroatoms. The van der Waals surface area contributed by atoms with Crippen LogP contribution < -0.4 is 0 Å². The van der Waals surface area contributed by atoms with E-state index in [0.29, 0.717) is 0 Å². The summed E-state index contributed by atoms with van der Waals surface area (Å²) in [5.41, 5.74) is 0. The Hall–Kier alpha value is -0.930. The molecule has 0 saturated carbocycles. The van der Waals surface area contributed by atoms with Crippen molar-refractivity contribution in [2.24, 2.45) is 16.3 Å². The molecule has 1 aliphatic heterocycles. The number of carbonyl (C=O) groups is 1. The van der Waals surface area contributed by atoms with Gasteiger partial charge in [-0.15, -0.1) is 0 Å². The van der Waals surface area contributed by atoms with E-state index in [1.807, 2.05) is 0 Å². The highest BCUT2D eigenvalue weighted by Gasteiger charge is 2.30. The lowest BCUT2D eigenvalue weighted by atomic mass is 9.96. The average molecular weight is 325 g/mol. The van der Waals surface area contributed by atoms with Crippen molar-refractivity contribution in [3.8, 4) is 0 Å². The zero-order valence-corrected chi connectivity index (χ0v) is 15.3. The number of carbonyl (C=O) groups excluding carboxylic acids is 1. The standard InChI is InChI=1S/C19H36N2O2/c1-3-4-5-6-7-8-9-10-11-12-13-14-15-16-17(2)18-19(22)20-21-23-18/h17-18H,3-16H2,1-2H3. The van der Waals surface area contributed by atoms with Crippen LogP contribution in [0, 0.1) is 5.92 Å². The summed E-state index contributed by atoms with van der Waals surface area (Å²) in [7, 11) is 0. The second-order valence-corrected chi connectivity index (χ2v) is 7.05. The highest BCUT2D eigenvalue weighted by molar-refractivity contribution is 5.82. The summed E-state index contributed by atoms with van der Waals surface area (Å²) in [5.74, 6) is 0.0115. The molecule has 0 saturated heterocycles. The van der Waals surface area contributed by atoms with E-state index < -0.39 is 6.10 Å². The predicted octanol–water partition coefficient (Wildman–Crippen LogP) is 6.40. The Morgan fingerprint density at radius 1 is 0.870 bits per heavy atom. The van der Waals surface area contributed by atoms with Gasteiger partial charge < -0.3 is 4.84 Å². The number of hydrogen-bond acceptors (Lipinski definition) is 3. The maximum atomic E-state index is 11.4.